The molecule has 1 aromatic heterocycles. The zero-order valence-corrected chi connectivity index (χ0v) is 12.1. The zero-order valence-electron chi connectivity index (χ0n) is 10.4. The summed E-state index contributed by atoms with van der Waals surface area (Å²) in [6.07, 6.45) is 4.83. The molecule has 0 amide bonds. The average Bonchev–Trinajstić information content (AvgIpc) is 2.38. The molecule has 2 heterocycles. The van der Waals surface area contributed by atoms with Gasteiger partial charge >= 0.3 is 0 Å². The minimum Gasteiger partial charge on any atom is -0.314 e. The van der Waals surface area contributed by atoms with Gasteiger partial charge in [0.25, 0.3) is 0 Å². The molecule has 0 radical (unpaired) electrons. The first-order chi connectivity index (χ1) is 7.92. The Morgan fingerprint density at radius 1 is 1.33 bits per heavy atom. The quantitative estimate of drug-likeness (QED) is 0.863. The van der Waals surface area contributed by atoms with Crippen molar-refractivity contribution in [1.29, 1.82) is 0 Å². The Bertz CT molecular complexity index is 326. The van der Waals surface area contributed by atoms with E-state index in [0.717, 1.165) is 38.3 Å². The Labute approximate surface area is 121 Å². The highest BCUT2D eigenvalue weighted by Gasteiger charge is 2.21. The van der Waals surface area contributed by atoms with Crippen LogP contribution in [0.5, 0.6) is 0 Å². The lowest BCUT2D eigenvalue weighted by atomic mass is 10.1. The topological polar surface area (TPSA) is 28.2 Å². The normalized spacial score (nSPS) is 17.1. The molecule has 18 heavy (non-hydrogen) atoms. The molecule has 0 aromatic carbocycles. The molecular formula is C13H21Cl2N3. The van der Waals surface area contributed by atoms with Gasteiger partial charge in [0.1, 0.15) is 0 Å². The summed E-state index contributed by atoms with van der Waals surface area (Å²) < 4.78 is 0. The van der Waals surface area contributed by atoms with E-state index < -0.39 is 0 Å². The Kier molecular flexibility index (Phi) is 9.02. The van der Waals surface area contributed by atoms with E-state index in [4.69, 9.17) is 0 Å². The van der Waals surface area contributed by atoms with E-state index in [1.807, 2.05) is 18.3 Å². The number of hydrogen-bond acceptors (Lipinski definition) is 3. The van der Waals surface area contributed by atoms with E-state index in [0.29, 0.717) is 6.04 Å². The molecule has 5 heteroatoms. The van der Waals surface area contributed by atoms with Crippen LogP contribution in [-0.2, 0) is 0 Å². The first-order valence-electron chi connectivity index (χ1n) is 5.88. The van der Waals surface area contributed by atoms with Crippen LogP contribution in [0.2, 0.25) is 0 Å². The van der Waals surface area contributed by atoms with Crippen LogP contribution in [0.4, 0.5) is 0 Å². The maximum absolute atomic E-state index is 4.46. The molecule has 2 rings (SSSR count). The molecule has 1 saturated heterocycles. The Balaban J connectivity index is 0.00000144. The fraction of sp³-hybridized carbons (Fsp3) is 0.462. The second kappa shape index (κ2) is 9.34. The predicted octanol–water partition coefficient (Wildman–Crippen LogP) is 2.45. The average molecular weight is 290 g/mol. The summed E-state index contributed by atoms with van der Waals surface area (Å²) in [5.74, 6) is 0. The zero-order chi connectivity index (χ0) is 11.2. The van der Waals surface area contributed by atoms with E-state index in [9.17, 15) is 0 Å². The molecule has 0 bridgehead atoms. The van der Waals surface area contributed by atoms with Crippen LogP contribution in [-0.4, -0.2) is 36.1 Å². The smallest absolute Gasteiger partial charge is 0.0578 e. The Hall–Kier alpha value is -0.610. The largest absolute Gasteiger partial charge is 0.314 e. The van der Waals surface area contributed by atoms with Crippen LogP contribution in [0.1, 0.15) is 18.2 Å². The summed E-state index contributed by atoms with van der Waals surface area (Å²) in [4.78, 5) is 6.95. The van der Waals surface area contributed by atoms with Crippen molar-refractivity contribution in [3.8, 4) is 0 Å². The first kappa shape index (κ1) is 17.4. The molecule has 1 N–H and O–H groups in total. The van der Waals surface area contributed by atoms with Gasteiger partial charge in [0.15, 0.2) is 0 Å². The highest BCUT2D eigenvalue weighted by Crippen LogP contribution is 2.22. The minimum absolute atomic E-state index is 0. The summed E-state index contributed by atoms with van der Waals surface area (Å²) >= 11 is 0. The van der Waals surface area contributed by atoms with Crippen LogP contribution in [0.25, 0.3) is 0 Å². The Morgan fingerprint density at radius 3 is 2.61 bits per heavy atom. The lowest BCUT2D eigenvalue weighted by Crippen LogP contribution is -2.45. The molecule has 102 valence electrons. The molecular weight excluding hydrogens is 269 g/mol. The standard InChI is InChI=1S/C13H19N3.2ClH/c1-2-5-13(12-6-3-4-7-15-12)16-10-8-14-9-11-16;;/h2-4,6-7,13-14H,1,5,8-11H2;2*1H/t13-;;/m0../s1. The number of nitrogens with zero attached hydrogens (tertiary/aromatic N) is 2. The molecule has 1 aliphatic rings. The molecule has 1 fully saturated rings. The van der Waals surface area contributed by atoms with Gasteiger partial charge in [-0.15, -0.1) is 31.4 Å². The number of nitrogens with one attached hydrogen (secondary N) is 1. The van der Waals surface area contributed by atoms with Gasteiger partial charge in [0.2, 0.25) is 0 Å². The summed E-state index contributed by atoms with van der Waals surface area (Å²) in [6, 6.07) is 6.52. The van der Waals surface area contributed by atoms with Crippen LogP contribution in [0, 0.1) is 0 Å². The highest BCUT2D eigenvalue weighted by atomic mass is 35.5. The third kappa shape index (κ3) is 4.58. The van der Waals surface area contributed by atoms with Crippen molar-refractivity contribution in [1.82, 2.24) is 15.2 Å². The number of halogens is 2. The molecule has 1 atom stereocenters. The summed E-state index contributed by atoms with van der Waals surface area (Å²) in [5.41, 5.74) is 1.16. The van der Waals surface area contributed by atoms with E-state index in [-0.39, 0.29) is 24.8 Å². The molecule has 3 nitrogen and oxygen atoms in total. The highest BCUT2D eigenvalue weighted by molar-refractivity contribution is 5.85. The van der Waals surface area contributed by atoms with Gasteiger partial charge in [0.05, 0.1) is 11.7 Å². The molecule has 0 saturated carbocycles. The van der Waals surface area contributed by atoms with Gasteiger partial charge in [0, 0.05) is 32.4 Å². The lowest BCUT2D eigenvalue weighted by Gasteiger charge is -2.34. The molecule has 0 unspecified atom stereocenters. The van der Waals surface area contributed by atoms with Gasteiger partial charge in [-0.05, 0) is 18.6 Å². The molecule has 1 aliphatic heterocycles. The van der Waals surface area contributed by atoms with E-state index in [2.05, 4.69) is 33.9 Å². The van der Waals surface area contributed by atoms with E-state index in [1.165, 1.54) is 0 Å². The van der Waals surface area contributed by atoms with Crippen LogP contribution < -0.4 is 5.32 Å². The third-order valence-corrected chi connectivity index (χ3v) is 3.01. The van der Waals surface area contributed by atoms with Gasteiger partial charge in [-0.25, -0.2) is 0 Å². The van der Waals surface area contributed by atoms with Crippen molar-refractivity contribution < 1.29 is 0 Å². The monoisotopic (exact) mass is 289 g/mol. The van der Waals surface area contributed by atoms with Crippen molar-refractivity contribution in [3.63, 3.8) is 0 Å². The second-order valence-electron chi connectivity index (χ2n) is 4.08. The molecule has 0 aliphatic carbocycles. The third-order valence-electron chi connectivity index (χ3n) is 3.01. The summed E-state index contributed by atoms with van der Waals surface area (Å²) in [6.45, 7) is 8.18. The maximum atomic E-state index is 4.46. The number of hydrogen-bond donors (Lipinski definition) is 1. The van der Waals surface area contributed by atoms with E-state index >= 15 is 0 Å². The van der Waals surface area contributed by atoms with Gasteiger partial charge in [-0.1, -0.05) is 12.1 Å². The van der Waals surface area contributed by atoms with E-state index in [1.54, 1.807) is 0 Å². The van der Waals surface area contributed by atoms with Crippen LogP contribution in [0.3, 0.4) is 0 Å². The maximum Gasteiger partial charge on any atom is 0.0578 e. The first-order valence-corrected chi connectivity index (χ1v) is 5.88. The number of pyridine rings is 1. The molecule has 0 spiro atoms. The Morgan fingerprint density at radius 2 is 2.06 bits per heavy atom. The second-order valence-corrected chi connectivity index (χ2v) is 4.08. The van der Waals surface area contributed by atoms with Crippen LogP contribution >= 0.6 is 24.8 Å². The van der Waals surface area contributed by atoms with Gasteiger partial charge in [-0.2, -0.15) is 0 Å². The number of aromatic nitrogens is 1. The SMILES string of the molecule is C=CC[C@@H](c1ccccn1)N1CCNCC1.Cl.Cl. The van der Waals surface area contributed by atoms with Crippen molar-refractivity contribution in [2.75, 3.05) is 26.2 Å². The van der Waals surface area contributed by atoms with Crippen molar-refractivity contribution in [2.45, 2.75) is 12.5 Å². The minimum atomic E-state index is 0. The summed E-state index contributed by atoms with van der Waals surface area (Å²) in [7, 11) is 0. The fourth-order valence-corrected chi connectivity index (χ4v) is 2.18. The van der Waals surface area contributed by atoms with Gasteiger partial charge in [-0.3, -0.25) is 9.88 Å². The van der Waals surface area contributed by atoms with Crippen molar-refractivity contribution in [3.05, 3.63) is 42.7 Å². The fourth-order valence-electron chi connectivity index (χ4n) is 2.18. The van der Waals surface area contributed by atoms with Crippen LogP contribution in [0.15, 0.2) is 37.1 Å². The van der Waals surface area contributed by atoms with Crippen molar-refractivity contribution >= 4 is 24.8 Å². The lowest BCUT2D eigenvalue weighted by molar-refractivity contribution is 0.171. The summed E-state index contributed by atoms with van der Waals surface area (Å²) in [5, 5.41) is 3.38. The van der Waals surface area contributed by atoms with Gasteiger partial charge < -0.3 is 5.32 Å². The van der Waals surface area contributed by atoms with Crippen molar-refractivity contribution in [2.24, 2.45) is 0 Å². The number of piperazine rings is 1. The molecule has 1 aromatic rings. The predicted molar refractivity (Wildman–Crippen MR) is 80.7 cm³/mol. The number of rotatable bonds is 4.